The van der Waals surface area contributed by atoms with Gasteiger partial charge in [0.05, 0.1) is 12.2 Å². The molecule has 27 heavy (non-hydrogen) atoms. The summed E-state index contributed by atoms with van der Waals surface area (Å²) >= 11 is 0. The minimum atomic E-state index is -3.31. The molecule has 1 amide bonds. The van der Waals surface area contributed by atoms with Gasteiger partial charge in [0.25, 0.3) is 0 Å². The maximum Gasteiger partial charge on any atom is 0.224 e. The predicted octanol–water partition coefficient (Wildman–Crippen LogP) is 2.43. The molecule has 0 saturated carbocycles. The maximum absolute atomic E-state index is 12.6. The number of carbonyl (C=O) groups is 1. The molecule has 6 heteroatoms. The van der Waals surface area contributed by atoms with Crippen LogP contribution in [0.4, 0.5) is 0 Å². The molecule has 1 heterocycles. The van der Waals surface area contributed by atoms with Crippen LogP contribution in [-0.4, -0.2) is 37.5 Å². The summed E-state index contributed by atoms with van der Waals surface area (Å²) in [6.07, 6.45) is 1.49. The van der Waals surface area contributed by atoms with E-state index in [1.54, 1.807) is 4.31 Å². The third kappa shape index (κ3) is 5.40. The lowest BCUT2D eigenvalue weighted by molar-refractivity contribution is -0.120. The Morgan fingerprint density at radius 3 is 2.67 bits per heavy atom. The fourth-order valence-corrected chi connectivity index (χ4v) is 4.86. The number of aryl methyl sites for hydroxylation is 1. The first-order chi connectivity index (χ1) is 12.9. The standard InChI is InChI=1S/C21H26N2O3S/c1-17-6-4-7-18(14-17)15-21(24)22-11-5-13-27(25,26)23-12-10-19-8-2-3-9-20(19)16-23/h2-4,6-9,14H,5,10-13,15-16H2,1H3,(H,22,24). The van der Waals surface area contributed by atoms with Gasteiger partial charge in [-0.2, -0.15) is 4.31 Å². The maximum atomic E-state index is 12.6. The first-order valence-corrected chi connectivity index (χ1v) is 10.9. The van der Waals surface area contributed by atoms with Gasteiger partial charge in [0, 0.05) is 19.6 Å². The van der Waals surface area contributed by atoms with E-state index < -0.39 is 10.0 Å². The molecule has 1 aliphatic heterocycles. The smallest absolute Gasteiger partial charge is 0.224 e. The Bertz CT molecular complexity index is 909. The van der Waals surface area contributed by atoms with Crippen LogP contribution in [0.3, 0.4) is 0 Å². The first-order valence-electron chi connectivity index (χ1n) is 9.31. The summed E-state index contributed by atoms with van der Waals surface area (Å²) in [6, 6.07) is 15.8. The van der Waals surface area contributed by atoms with Crippen LogP contribution in [0.2, 0.25) is 0 Å². The quantitative estimate of drug-likeness (QED) is 0.743. The van der Waals surface area contributed by atoms with E-state index in [4.69, 9.17) is 0 Å². The molecule has 0 spiro atoms. The van der Waals surface area contributed by atoms with E-state index in [0.717, 1.165) is 23.1 Å². The van der Waals surface area contributed by atoms with E-state index >= 15 is 0 Å². The van der Waals surface area contributed by atoms with E-state index in [2.05, 4.69) is 11.4 Å². The van der Waals surface area contributed by atoms with Crippen molar-refractivity contribution in [3.63, 3.8) is 0 Å². The Hall–Kier alpha value is -2.18. The Labute approximate surface area is 161 Å². The van der Waals surface area contributed by atoms with Crippen LogP contribution in [0.25, 0.3) is 0 Å². The minimum Gasteiger partial charge on any atom is -0.356 e. The van der Waals surface area contributed by atoms with Gasteiger partial charge < -0.3 is 5.32 Å². The Kier molecular flexibility index (Phi) is 6.29. The van der Waals surface area contributed by atoms with Crippen LogP contribution in [0.5, 0.6) is 0 Å². The second-order valence-electron chi connectivity index (χ2n) is 7.04. The van der Waals surface area contributed by atoms with Crippen LogP contribution < -0.4 is 5.32 Å². The number of hydrogen-bond donors (Lipinski definition) is 1. The highest BCUT2D eigenvalue weighted by Gasteiger charge is 2.25. The number of sulfonamides is 1. The molecule has 1 N–H and O–H groups in total. The summed E-state index contributed by atoms with van der Waals surface area (Å²) in [4.78, 5) is 12.0. The molecule has 0 unspecified atom stereocenters. The van der Waals surface area contributed by atoms with Crippen LogP contribution in [0.1, 0.15) is 28.7 Å². The number of carbonyl (C=O) groups excluding carboxylic acids is 1. The third-order valence-electron chi connectivity index (χ3n) is 4.84. The molecule has 2 aromatic carbocycles. The molecule has 5 nitrogen and oxygen atoms in total. The Morgan fingerprint density at radius 1 is 1.11 bits per heavy atom. The molecule has 0 aliphatic carbocycles. The second-order valence-corrected chi connectivity index (χ2v) is 9.13. The third-order valence-corrected chi connectivity index (χ3v) is 6.74. The highest BCUT2D eigenvalue weighted by atomic mass is 32.2. The summed E-state index contributed by atoms with van der Waals surface area (Å²) in [6.45, 7) is 3.33. The van der Waals surface area contributed by atoms with Crippen LogP contribution in [0.15, 0.2) is 48.5 Å². The van der Waals surface area contributed by atoms with Gasteiger partial charge in [-0.15, -0.1) is 0 Å². The highest BCUT2D eigenvalue weighted by Crippen LogP contribution is 2.21. The average Bonchev–Trinajstić information content (AvgIpc) is 2.65. The number of hydrogen-bond acceptors (Lipinski definition) is 3. The fraction of sp³-hybridized carbons (Fsp3) is 0.381. The largest absolute Gasteiger partial charge is 0.356 e. The first kappa shape index (κ1) is 19.6. The van der Waals surface area contributed by atoms with Gasteiger partial charge in [-0.25, -0.2) is 8.42 Å². The molecule has 0 atom stereocenters. The van der Waals surface area contributed by atoms with Crippen molar-refractivity contribution in [2.24, 2.45) is 0 Å². The number of fused-ring (bicyclic) bond motifs is 1. The van der Waals surface area contributed by atoms with Gasteiger partial charge >= 0.3 is 0 Å². The SMILES string of the molecule is Cc1cccc(CC(=O)NCCCS(=O)(=O)N2CCc3ccccc3C2)c1. The van der Waals surface area contributed by atoms with Gasteiger partial charge in [0.15, 0.2) is 0 Å². The van der Waals surface area contributed by atoms with Crippen LogP contribution >= 0.6 is 0 Å². The van der Waals surface area contributed by atoms with Gasteiger partial charge in [0.1, 0.15) is 0 Å². The summed E-state index contributed by atoms with van der Waals surface area (Å²) in [5, 5.41) is 2.82. The topological polar surface area (TPSA) is 66.5 Å². The summed E-state index contributed by atoms with van der Waals surface area (Å²) in [5.41, 5.74) is 4.40. The summed E-state index contributed by atoms with van der Waals surface area (Å²) in [7, 11) is -3.31. The Morgan fingerprint density at radius 2 is 1.89 bits per heavy atom. The van der Waals surface area contributed by atoms with Gasteiger partial charge in [-0.3, -0.25) is 4.79 Å². The zero-order valence-electron chi connectivity index (χ0n) is 15.6. The highest BCUT2D eigenvalue weighted by molar-refractivity contribution is 7.89. The van der Waals surface area contributed by atoms with Crippen molar-refractivity contribution in [2.45, 2.75) is 32.7 Å². The number of nitrogens with zero attached hydrogens (tertiary/aromatic N) is 1. The molecule has 0 fully saturated rings. The Balaban J connectivity index is 1.44. The molecule has 2 aromatic rings. The van der Waals surface area contributed by atoms with Crippen LogP contribution in [0, 0.1) is 6.92 Å². The van der Waals surface area contributed by atoms with Gasteiger partial charge in [-0.05, 0) is 36.5 Å². The molecule has 0 aromatic heterocycles. The van der Waals surface area contributed by atoms with Crippen molar-refractivity contribution in [2.75, 3.05) is 18.8 Å². The van der Waals surface area contributed by atoms with Crippen molar-refractivity contribution in [1.29, 1.82) is 0 Å². The average molecular weight is 387 g/mol. The lowest BCUT2D eigenvalue weighted by atomic mass is 10.0. The molecule has 1 aliphatic rings. The normalized spacial score (nSPS) is 14.6. The number of amides is 1. The molecule has 0 radical (unpaired) electrons. The summed E-state index contributed by atoms with van der Waals surface area (Å²) in [5.74, 6) is -0.0233. The fourth-order valence-electron chi connectivity index (χ4n) is 3.39. The molecule has 3 rings (SSSR count). The van der Waals surface area contributed by atoms with E-state index in [9.17, 15) is 13.2 Å². The molecule has 0 bridgehead atoms. The van der Waals surface area contributed by atoms with E-state index in [-0.39, 0.29) is 11.7 Å². The van der Waals surface area contributed by atoms with Crippen molar-refractivity contribution in [3.8, 4) is 0 Å². The number of nitrogens with one attached hydrogen (secondary N) is 1. The number of benzene rings is 2. The minimum absolute atomic E-state index is 0.0554. The second kappa shape index (κ2) is 8.67. The van der Waals surface area contributed by atoms with E-state index in [0.29, 0.717) is 32.5 Å². The van der Waals surface area contributed by atoms with Gasteiger partial charge in [0.2, 0.25) is 15.9 Å². The zero-order valence-corrected chi connectivity index (χ0v) is 16.5. The van der Waals surface area contributed by atoms with Crippen molar-refractivity contribution in [3.05, 3.63) is 70.8 Å². The lowest BCUT2D eigenvalue weighted by Gasteiger charge is -2.28. The summed E-state index contributed by atoms with van der Waals surface area (Å²) < 4.78 is 26.7. The van der Waals surface area contributed by atoms with Crippen LogP contribution in [-0.2, 0) is 34.2 Å². The molecule has 0 saturated heterocycles. The lowest BCUT2D eigenvalue weighted by Crippen LogP contribution is -2.38. The predicted molar refractivity (Wildman–Crippen MR) is 107 cm³/mol. The molecular weight excluding hydrogens is 360 g/mol. The van der Waals surface area contributed by atoms with Crippen molar-refractivity contribution >= 4 is 15.9 Å². The van der Waals surface area contributed by atoms with E-state index in [1.165, 1.54) is 5.56 Å². The van der Waals surface area contributed by atoms with Gasteiger partial charge in [-0.1, -0.05) is 54.1 Å². The zero-order chi connectivity index (χ0) is 19.3. The van der Waals surface area contributed by atoms with E-state index in [1.807, 2.05) is 49.4 Å². The molecule has 144 valence electrons. The number of rotatable bonds is 7. The molecular formula is C21H26N2O3S. The van der Waals surface area contributed by atoms with Crippen molar-refractivity contribution in [1.82, 2.24) is 9.62 Å². The van der Waals surface area contributed by atoms with Crippen molar-refractivity contribution < 1.29 is 13.2 Å². The monoisotopic (exact) mass is 386 g/mol.